The number of anilines is 2. The fourth-order valence-electron chi connectivity index (χ4n) is 1.56. The molecule has 0 saturated heterocycles. The van der Waals surface area contributed by atoms with Crippen LogP contribution >= 0.6 is 0 Å². The molecule has 6 nitrogen and oxygen atoms in total. The average molecular weight is 239 g/mol. The summed E-state index contributed by atoms with van der Waals surface area (Å²) in [5, 5.41) is 3.79. The third kappa shape index (κ3) is 2.03. The number of rotatable bonds is 2. The monoisotopic (exact) mass is 239 g/mol. The summed E-state index contributed by atoms with van der Waals surface area (Å²) >= 11 is 0. The van der Waals surface area contributed by atoms with Crippen molar-refractivity contribution in [3.05, 3.63) is 53.2 Å². The first-order valence-corrected chi connectivity index (χ1v) is 5.34. The standard InChI is InChI=1S/C12H9N5O/c18-10-4-3-8-6-14-12(17-11(8)16-10)15-9-2-1-5-13-7-9/h1-7H,(H2,14,15,16,17,18). The molecule has 0 aliphatic rings. The minimum Gasteiger partial charge on any atom is -0.323 e. The summed E-state index contributed by atoms with van der Waals surface area (Å²) in [6, 6.07) is 6.79. The highest BCUT2D eigenvalue weighted by Crippen LogP contribution is 2.12. The quantitative estimate of drug-likeness (QED) is 0.707. The molecule has 88 valence electrons. The van der Waals surface area contributed by atoms with Gasteiger partial charge in [-0.2, -0.15) is 4.98 Å². The molecule has 0 aliphatic heterocycles. The van der Waals surface area contributed by atoms with Gasteiger partial charge in [-0.25, -0.2) is 4.98 Å². The van der Waals surface area contributed by atoms with Crippen LogP contribution in [0, 0.1) is 0 Å². The average Bonchev–Trinajstić information content (AvgIpc) is 2.39. The molecule has 0 atom stereocenters. The van der Waals surface area contributed by atoms with Crippen molar-refractivity contribution in [2.75, 3.05) is 5.32 Å². The fourth-order valence-corrected chi connectivity index (χ4v) is 1.56. The van der Waals surface area contributed by atoms with Gasteiger partial charge in [0.05, 0.1) is 11.9 Å². The number of hydrogen-bond donors (Lipinski definition) is 2. The van der Waals surface area contributed by atoms with Gasteiger partial charge in [-0.05, 0) is 18.2 Å². The number of pyridine rings is 2. The Morgan fingerprint density at radius 1 is 1.17 bits per heavy atom. The molecule has 0 aromatic carbocycles. The second kappa shape index (κ2) is 4.25. The Hall–Kier alpha value is -2.76. The maximum Gasteiger partial charge on any atom is 0.249 e. The Labute approximate surface area is 102 Å². The van der Waals surface area contributed by atoms with Crippen molar-refractivity contribution in [3.63, 3.8) is 0 Å². The van der Waals surface area contributed by atoms with Crippen LogP contribution in [-0.2, 0) is 0 Å². The Morgan fingerprint density at radius 3 is 2.94 bits per heavy atom. The Kier molecular flexibility index (Phi) is 2.45. The van der Waals surface area contributed by atoms with Gasteiger partial charge in [-0.15, -0.1) is 0 Å². The zero-order valence-electron chi connectivity index (χ0n) is 9.29. The third-order valence-corrected chi connectivity index (χ3v) is 2.39. The van der Waals surface area contributed by atoms with Gasteiger partial charge >= 0.3 is 0 Å². The lowest BCUT2D eigenvalue weighted by molar-refractivity contribution is 1.16. The van der Waals surface area contributed by atoms with Crippen LogP contribution in [0.3, 0.4) is 0 Å². The van der Waals surface area contributed by atoms with Crippen LogP contribution in [0.2, 0.25) is 0 Å². The van der Waals surface area contributed by atoms with E-state index in [0.717, 1.165) is 11.1 Å². The number of H-pyrrole nitrogens is 1. The van der Waals surface area contributed by atoms with Crippen LogP contribution in [0.1, 0.15) is 0 Å². The predicted molar refractivity (Wildman–Crippen MR) is 67.7 cm³/mol. The third-order valence-electron chi connectivity index (χ3n) is 2.39. The highest BCUT2D eigenvalue weighted by molar-refractivity contribution is 5.74. The highest BCUT2D eigenvalue weighted by atomic mass is 16.1. The summed E-state index contributed by atoms with van der Waals surface area (Å²) in [5.41, 5.74) is 1.10. The molecule has 0 saturated carbocycles. The molecular formula is C12H9N5O. The van der Waals surface area contributed by atoms with Crippen molar-refractivity contribution in [2.24, 2.45) is 0 Å². The number of aromatic amines is 1. The summed E-state index contributed by atoms with van der Waals surface area (Å²) in [6.45, 7) is 0. The molecule has 18 heavy (non-hydrogen) atoms. The van der Waals surface area contributed by atoms with Gasteiger partial charge in [0.2, 0.25) is 11.5 Å². The van der Waals surface area contributed by atoms with E-state index in [1.54, 1.807) is 24.7 Å². The van der Waals surface area contributed by atoms with E-state index in [1.807, 2.05) is 12.1 Å². The fraction of sp³-hybridized carbons (Fsp3) is 0. The SMILES string of the molecule is O=c1ccc2cnc(Nc3cccnc3)nc2[nH]1. The van der Waals surface area contributed by atoms with Crippen molar-refractivity contribution < 1.29 is 0 Å². The van der Waals surface area contributed by atoms with E-state index >= 15 is 0 Å². The molecular weight excluding hydrogens is 230 g/mol. The van der Waals surface area contributed by atoms with Crippen molar-refractivity contribution in [1.82, 2.24) is 19.9 Å². The van der Waals surface area contributed by atoms with Crippen molar-refractivity contribution in [3.8, 4) is 0 Å². The first-order chi connectivity index (χ1) is 8.81. The summed E-state index contributed by atoms with van der Waals surface area (Å²) < 4.78 is 0. The van der Waals surface area contributed by atoms with E-state index in [2.05, 4.69) is 25.3 Å². The maximum atomic E-state index is 11.2. The topological polar surface area (TPSA) is 83.6 Å². The molecule has 3 aromatic heterocycles. The van der Waals surface area contributed by atoms with Crippen LogP contribution in [0.25, 0.3) is 11.0 Å². The molecule has 3 heterocycles. The van der Waals surface area contributed by atoms with Gasteiger partial charge in [-0.3, -0.25) is 9.78 Å². The lowest BCUT2D eigenvalue weighted by atomic mass is 10.3. The summed E-state index contributed by atoms with van der Waals surface area (Å²) in [5.74, 6) is 0.414. The molecule has 2 N–H and O–H groups in total. The van der Waals surface area contributed by atoms with Crippen molar-refractivity contribution in [2.45, 2.75) is 0 Å². The van der Waals surface area contributed by atoms with Gasteiger partial charge in [0.25, 0.3) is 0 Å². The largest absolute Gasteiger partial charge is 0.323 e. The number of aromatic nitrogens is 4. The number of nitrogens with one attached hydrogen (secondary N) is 2. The van der Waals surface area contributed by atoms with Crippen molar-refractivity contribution >= 4 is 22.7 Å². The Balaban J connectivity index is 2.00. The summed E-state index contributed by atoms with van der Waals surface area (Å²) in [4.78, 5) is 26.2. The molecule has 0 radical (unpaired) electrons. The van der Waals surface area contributed by atoms with Crippen LogP contribution in [-0.4, -0.2) is 19.9 Å². The Bertz CT molecular complexity index is 738. The lowest BCUT2D eigenvalue weighted by Crippen LogP contribution is -2.05. The van der Waals surface area contributed by atoms with Gasteiger partial charge in [0.1, 0.15) is 5.65 Å². The van der Waals surface area contributed by atoms with Crippen molar-refractivity contribution in [1.29, 1.82) is 0 Å². The van der Waals surface area contributed by atoms with Gasteiger partial charge in [-0.1, -0.05) is 0 Å². The minimum atomic E-state index is -0.187. The molecule has 0 unspecified atom stereocenters. The first-order valence-electron chi connectivity index (χ1n) is 5.34. The zero-order valence-corrected chi connectivity index (χ0v) is 9.29. The number of fused-ring (bicyclic) bond motifs is 1. The molecule has 0 spiro atoms. The van der Waals surface area contributed by atoms with E-state index in [-0.39, 0.29) is 5.56 Å². The molecule has 0 amide bonds. The van der Waals surface area contributed by atoms with Crippen LogP contribution < -0.4 is 10.9 Å². The molecule has 6 heteroatoms. The lowest BCUT2D eigenvalue weighted by Gasteiger charge is -2.04. The molecule has 3 aromatic rings. The van der Waals surface area contributed by atoms with Crippen LogP contribution in [0.5, 0.6) is 0 Å². The van der Waals surface area contributed by atoms with E-state index in [4.69, 9.17) is 0 Å². The molecule has 3 rings (SSSR count). The summed E-state index contributed by atoms with van der Waals surface area (Å²) in [6.07, 6.45) is 5.00. The Morgan fingerprint density at radius 2 is 2.11 bits per heavy atom. The van der Waals surface area contributed by atoms with Gasteiger partial charge < -0.3 is 10.3 Å². The van der Waals surface area contributed by atoms with Crippen LogP contribution in [0.15, 0.2) is 47.7 Å². The van der Waals surface area contributed by atoms with E-state index in [1.165, 1.54) is 6.07 Å². The first kappa shape index (κ1) is 10.4. The zero-order chi connectivity index (χ0) is 12.4. The predicted octanol–water partition coefficient (Wildman–Crippen LogP) is 1.46. The second-order valence-electron chi connectivity index (χ2n) is 3.69. The van der Waals surface area contributed by atoms with E-state index in [0.29, 0.717) is 11.6 Å². The normalized spacial score (nSPS) is 10.4. The number of hydrogen-bond acceptors (Lipinski definition) is 5. The van der Waals surface area contributed by atoms with Gasteiger partial charge in [0.15, 0.2) is 0 Å². The summed E-state index contributed by atoms with van der Waals surface area (Å²) in [7, 11) is 0. The smallest absolute Gasteiger partial charge is 0.249 e. The molecule has 0 aliphatic carbocycles. The van der Waals surface area contributed by atoms with E-state index in [9.17, 15) is 4.79 Å². The second-order valence-corrected chi connectivity index (χ2v) is 3.69. The number of nitrogens with zero attached hydrogens (tertiary/aromatic N) is 3. The highest BCUT2D eigenvalue weighted by Gasteiger charge is 2.01. The molecule has 0 fully saturated rings. The maximum absolute atomic E-state index is 11.2. The van der Waals surface area contributed by atoms with E-state index < -0.39 is 0 Å². The minimum absolute atomic E-state index is 0.187. The van der Waals surface area contributed by atoms with Crippen LogP contribution in [0.4, 0.5) is 11.6 Å². The molecule has 0 bridgehead atoms. The van der Waals surface area contributed by atoms with Gasteiger partial charge in [0, 0.05) is 23.8 Å².